The van der Waals surface area contributed by atoms with Crippen LogP contribution in [0.25, 0.3) is 0 Å². The maximum atomic E-state index is 14.0. The van der Waals surface area contributed by atoms with Crippen LogP contribution in [-0.4, -0.2) is 43.8 Å². The molecule has 1 fully saturated rings. The largest absolute Gasteiger partial charge is 0.481 e. The van der Waals surface area contributed by atoms with Gasteiger partial charge in [-0.05, 0) is 30.7 Å². The summed E-state index contributed by atoms with van der Waals surface area (Å²) in [5.41, 5.74) is 1.60. The van der Waals surface area contributed by atoms with E-state index in [-0.39, 0.29) is 12.2 Å². The van der Waals surface area contributed by atoms with E-state index in [4.69, 9.17) is 5.11 Å². The zero-order valence-corrected chi connectivity index (χ0v) is 12.1. The Bertz CT molecular complexity index is 474. The summed E-state index contributed by atoms with van der Waals surface area (Å²) in [5, 5.41) is 14.9. The molecule has 0 saturated carbocycles. The van der Waals surface area contributed by atoms with Gasteiger partial charge in [-0.2, -0.15) is 0 Å². The Hall–Kier alpha value is -1.66. The van der Waals surface area contributed by atoms with E-state index >= 15 is 0 Å². The number of carboxylic acids is 1. The Morgan fingerprint density at radius 3 is 3.05 bits per heavy atom. The summed E-state index contributed by atoms with van der Waals surface area (Å²) in [7, 11) is 0. The van der Waals surface area contributed by atoms with Gasteiger partial charge in [0, 0.05) is 32.7 Å². The third kappa shape index (κ3) is 4.99. The Morgan fingerprint density at radius 1 is 1.38 bits per heavy atom. The van der Waals surface area contributed by atoms with Crippen LogP contribution in [0.5, 0.6) is 0 Å². The van der Waals surface area contributed by atoms with E-state index in [2.05, 4.69) is 15.5 Å². The van der Waals surface area contributed by atoms with Crippen LogP contribution in [0.4, 0.5) is 10.1 Å². The van der Waals surface area contributed by atoms with E-state index in [9.17, 15) is 9.18 Å². The number of carbonyl (C=O) groups is 1. The molecule has 0 atom stereocenters. The van der Waals surface area contributed by atoms with E-state index in [1.165, 1.54) is 6.07 Å². The van der Waals surface area contributed by atoms with Gasteiger partial charge in [-0.15, -0.1) is 0 Å². The summed E-state index contributed by atoms with van der Waals surface area (Å²) in [6, 6.07) is 5.08. The van der Waals surface area contributed by atoms with Crippen molar-refractivity contribution < 1.29 is 14.3 Å². The van der Waals surface area contributed by atoms with Crippen molar-refractivity contribution in [1.29, 1.82) is 0 Å². The predicted octanol–water partition coefficient (Wildman–Crippen LogP) is 1.19. The number of benzene rings is 1. The number of halogens is 1. The Labute approximate surface area is 124 Å². The number of nitrogens with one attached hydrogen (secondary N) is 2. The Morgan fingerprint density at radius 2 is 2.24 bits per heavy atom. The van der Waals surface area contributed by atoms with Crippen LogP contribution >= 0.6 is 0 Å². The molecule has 0 amide bonds. The fourth-order valence-electron chi connectivity index (χ4n) is 2.43. The van der Waals surface area contributed by atoms with Crippen molar-refractivity contribution in [1.82, 2.24) is 10.6 Å². The normalized spacial score (nSPS) is 15.8. The molecule has 1 aliphatic rings. The lowest BCUT2D eigenvalue weighted by atomic mass is 10.1. The second-order valence-corrected chi connectivity index (χ2v) is 5.20. The van der Waals surface area contributed by atoms with Gasteiger partial charge < -0.3 is 20.6 Å². The molecule has 6 heteroatoms. The minimum Gasteiger partial charge on any atom is -0.481 e. The molecule has 1 aromatic rings. The number of carboxylic acid groups (broad SMARTS) is 1. The molecule has 116 valence electrons. The SMILES string of the molecule is O=C(O)CCNCc1ccc(F)c(N2CCCNCC2)c1. The summed E-state index contributed by atoms with van der Waals surface area (Å²) in [6.45, 7) is 4.43. The highest BCUT2D eigenvalue weighted by atomic mass is 19.1. The standard InChI is InChI=1S/C15H22FN3O2/c16-13-3-2-12(11-18-6-4-15(20)21)10-14(13)19-8-1-5-17-7-9-19/h2-3,10,17-18H,1,4-9,11H2,(H,20,21). The number of nitrogens with zero attached hydrogens (tertiary/aromatic N) is 1. The summed E-state index contributed by atoms with van der Waals surface area (Å²) in [6.07, 6.45) is 1.09. The summed E-state index contributed by atoms with van der Waals surface area (Å²) in [4.78, 5) is 12.5. The van der Waals surface area contributed by atoms with E-state index in [0.717, 1.165) is 38.2 Å². The number of hydrogen-bond acceptors (Lipinski definition) is 4. The molecule has 0 aromatic heterocycles. The van der Waals surface area contributed by atoms with Gasteiger partial charge in [0.25, 0.3) is 0 Å². The number of anilines is 1. The minimum atomic E-state index is -0.820. The molecule has 0 spiro atoms. The first-order valence-electron chi connectivity index (χ1n) is 7.33. The zero-order chi connectivity index (χ0) is 15.1. The quantitative estimate of drug-likeness (QED) is 0.688. The van der Waals surface area contributed by atoms with Gasteiger partial charge in [-0.25, -0.2) is 4.39 Å². The van der Waals surface area contributed by atoms with Crippen molar-refractivity contribution in [3.8, 4) is 0 Å². The molecular weight excluding hydrogens is 273 g/mol. The smallest absolute Gasteiger partial charge is 0.304 e. The molecule has 1 saturated heterocycles. The molecule has 0 unspecified atom stereocenters. The highest BCUT2D eigenvalue weighted by molar-refractivity contribution is 5.66. The number of rotatable bonds is 6. The van der Waals surface area contributed by atoms with E-state index in [0.29, 0.717) is 18.8 Å². The lowest BCUT2D eigenvalue weighted by Crippen LogP contribution is -2.28. The Kier molecular flexibility index (Phi) is 5.95. The van der Waals surface area contributed by atoms with Gasteiger partial charge in [0.05, 0.1) is 12.1 Å². The van der Waals surface area contributed by atoms with Gasteiger partial charge in [-0.3, -0.25) is 4.79 Å². The van der Waals surface area contributed by atoms with Crippen LogP contribution < -0.4 is 15.5 Å². The first-order valence-corrected chi connectivity index (χ1v) is 7.33. The average Bonchev–Trinajstić information content (AvgIpc) is 2.74. The fourth-order valence-corrected chi connectivity index (χ4v) is 2.43. The van der Waals surface area contributed by atoms with Crippen LogP contribution in [-0.2, 0) is 11.3 Å². The van der Waals surface area contributed by atoms with Crippen LogP contribution in [0.3, 0.4) is 0 Å². The molecule has 3 N–H and O–H groups in total. The lowest BCUT2D eigenvalue weighted by molar-refractivity contribution is -0.136. The van der Waals surface area contributed by atoms with E-state index in [1.54, 1.807) is 6.07 Å². The molecule has 1 aromatic carbocycles. The lowest BCUT2D eigenvalue weighted by Gasteiger charge is -2.23. The molecule has 2 rings (SSSR count). The van der Waals surface area contributed by atoms with Gasteiger partial charge in [0.15, 0.2) is 0 Å². The van der Waals surface area contributed by atoms with Crippen molar-refractivity contribution in [3.05, 3.63) is 29.6 Å². The highest BCUT2D eigenvalue weighted by Gasteiger charge is 2.14. The minimum absolute atomic E-state index is 0.0891. The Balaban J connectivity index is 1.97. The van der Waals surface area contributed by atoms with Gasteiger partial charge >= 0.3 is 5.97 Å². The van der Waals surface area contributed by atoms with Crippen LogP contribution in [0, 0.1) is 5.82 Å². The van der Waals surface area contributed by atoms with Crippen molar-refractivity contribution in [2.24, 2.45) is 0 Å². The predicted molar refractivity (Wildman–Crippen MR) is 80.1 cm³/mol. The summed E-state index contributed by atoms with van der Waals surface area (Å²) < 4.78 is 14.0. The van der Waals surface area contributed by atoms with Crippen molar-refractivity contribution >= 4 is 11.7 Å². The highest BCUT2D eigenvalue weighted by Crippen LogP contribution is 2.21. The molecule has 21 heavy (non-hydrogen) atoms. The molecule has 1 heterocycles. The molecule has 1 aliphatic heterocycles. The maximum absolute atomic E-state index is 14.0. The first-order chi connectivity index (χ1) is 10.2. The maximum Gasteiger partial charge on any atom is 0.304 e. The zero-order valence-electron chi connectivity index (χ0n) is 12.1. The summed E-state index contributed by atoms with van der Waals surface area (Å²) >= 11 is 0. The third-order valence-corrected chi connectivity index (χ3v) is 3.54. The van der Waals surface area contributed by atoms with Crippen LogP contribution in [0.15, 0.2) is 18.2 Å². The molecule has 5 nitrogen and oxygen atoms in total. The molecule has 0 radical (unpaired) electrons. The number of hydrogen-bond donors (Lipinski definition) is 3. The molecule has 0 aliphatic carbocycles. The van der Waals surface area contributed by atoms with Crippen molar-refractivity contribution in [3.63, 3.8) is 0 Å². The topological polar surface area (TPSA) is 64.6 Å². The van der Waals surface area contributed by atoms with Gasteiger partial charge in [0.2, 0.25) is 0 Å². The third-order valence-electron chi connectivity index (χ3n) is 3.54. The van der Waals surface area contributed by atoms with Crippen LogP contribution in [0.2, 0.25) is 0 Å². The summed E-state index contributed by atoms with van der Waals surface area (Å²) in [5.74, 6) is -1.02. The van der Waals surface area contributed by atoms with Crippen molar-refractivity contribution in [2.75, 3.05) is 37.6 Å². The second kappa shape index (κ2) is 7.95. The average molecular weight is 295 g/mol. The van der Waals surface area contributed by atoms with E-state index < -0.39 is 5.97 Å². The van der Waals surface area contributed by atoms with Gasteiger partial charge in [-0.1, -0.05) is 6.07 Å². The molecule has 0 bridgehead atoms. The van der Waals surface area contributed by atoms with E-state index in [1.807, 2.05) is 6.07 Å². The first kappa shape index (κ1) is 15.7. The monoisotopic (exact) mass is 295 g/mol. The van der Waals surface area contributed by atoms with Crippen LogP contribution in [0.1, 0.15) is 18.4 Å². The fraction of sp³-hybridized carbons (Fsp3) is 0.533. The second-order valence-electron chi connectivity index (χ2n) is 5.20. The van der Waals surface area contributed by atoms with Gasteiger partial charge in [0.1, 0.15) is 5.82 Å². The van der Waals surface area contributed by atoms with Crippen molar-refractivity contribution in [2.45, 2.75) is 19.4 Å². The molecular formula is C15H22FN3O2. The number of aliphatic carboxylic acids is 1.